The van der Waals surface area contributed by atoms with Crippen molar-refractivity contribution in [2.45, 2.75) is 101 Å². The summed E-state index contributed by atoms with van der Waals surface area (Å²) in [6, 6.07) is 17.5. The van der Waals surface area contributed by atoms with E-state index in [1.807, 2.05) is 0 Å². The van der Waals surface area contributed by atoms with E-state index in [0.717, 1.165) is 23.3 Å². The molecule has 3 nitrogen and oxygen atoms in total. The van der Waals surface area contributed by atoms with Crippen LogP contribution in [0.25, 0.3) is 0 Å². The van der Waals surface area contributed by atoms with Gasteiger partial charge >= 0.3 is 0 Å². The molecule has 3 heteroatoms. The lowest BCUT2D eigenvalue weighted by molar-refractivity contribution is 0.339. The Hall–Kier alpha value is -1.84. The molecule has 2 aromatic rings. The predicted octanol–water partition coefficient (Wildman–Crippen LogP) is 7.60. The summed E-state index contributed by atoms with van der Waals surface area (Å²) in [7, 11) is 0. The smallest absolute Gasteiger partial charge is 0.127 e. The molecule has 8 unspecified atom stereocenters. The van der Waals surface area contributed by atoms with Gasteiger partial charge in [0, 0.05) is 0 Å². The molecular weight excluding hydrogens is 408 g/mol. The molecule has 4 aliphatic rings. The fraction of sp³-hybridized carbons (Fsp3) is 0.600. The predicted molar refractivity (Wildman–Crippen MR) is 131 cm³/mol. The van der Waals surface area contributed by atoms with Gasteiger partial charge in [0.15, 0.2) is 0 Å². The molecular formula is C30H38O3. The maximum Gasteiger partial charge on any atom is 0.127 e. The summed E-state index contributed by atoms with van der Waals surface area (Å²) in [6.45, 7) is 4.72. The minimum absolute atomic E-state index is 0.577. The molecule has 0 radical (unpaired) electrons. The van der Waals surface area contributed by atoms with Gasteiger partial charge < -0.3 is 14.2 Å². The molecule has 2 aliphatic heterocycles. The second-order valence-electron chi connectivity index (χ2n) is 11.3. The van der Waals surface area contributed by atoms with Crippen LogP contribution < -0.4 is 4.74 Å². The zero-order valence-corrected chi connectivity index (χ0v) is 20.1. The van der Waals surface area contributed by atoms with Crippen molar-refractivity contribution in [1.29, 1.82) is 0 Å². The van der Waals surface area contributed by atoms with E-state index in [2.05, 4.69) is 62.4 Å². The van der Waals surface area contributed by atoms with Crippen molar-refractivity contribution in [2.75, 3.05) is 0 Å². The molecule has 0 bridgehead atoms. The van der Waals surface area contributed by atoms with Crippen molar-refractivity contribution in [3.63, 3.8) is 0 Å². The lowest BCUT2D eigenvalue weighted by Crippen LogP contribution is -2.15. The van der Waals surface area contributed by atoms with Crippen LogP contribution in [0.2, 0.25) is 0 Å². The summed E-state index contributed by atoms with van der Waals surface area (Å²) in [5.41, 5.74) is 2.83. The summed E-state index contributed by atoms with van der Waals surface area (Å²) in [5.74, 6) is 4.64. The summed E-state index contributed by atoms with van der Waals surface area (Å²) < 4.78 is 17.6. The Kier molecular flexibility index (Phi) is 5.96. The van der Waals surface area contributed by atoms with Crippen LogP contribution in [-0.4, -0.2) is 24.4 Å². The van der Waals surface area contributed by atoms with E-state index in [1.54, 1.807) is 0 Å². The lowest BCUT2D eigenvalue weighted by Gasteiger charge is -2.23. The van der Waals surface area contributed by atoms with Gasteiger partial charge in [-0.05, 0) is 110 Å². The number of rotatable bonds is 8. The van der Waals surface area contributed by atoms with Crippen LogP contribution in [-0.2, 0) is 9.47 Å². The van der Waals surface area contributed by atoms with Gasteiger partial charge in [0.25, 0.3) is 0 Å². The van der Waals surface area contributed by atoms with E-state index in [1.165, 1.54) is 62.5 Å². The maximum absolute atomic E-state index is 6.15. The average molecular weight is 447 g/mol. The van der Waals surface area contributed by atoms with Crippen LogP contribution in [0.15, 0.2) is 48.5 Å². The molecule has 6 rings (SSSR count). The molecule has 2 saturated heterocycles. The first-order chi connectivity index (χ1) is 16.1. The molecule has 0 N–H and O–H groups in total. The van der Waals surface area contributed by atoms with Crippen LogP contribution >= 0.6 is 0 Å². The fourth-order valence-electron chi connectivity index (χ4n) is 6.54. The van der Waals surface area contributed by atoms with Crippen molar-refractivity contribution in [2.24, 2.45) is 11.8 Å². The molecule has 33 heavy (non-hydrogen) atoms. The number of fused-ring (bicyclic) bond motifs is 2. The number of hydrogen-bond acceptors (Lipinski definition) is 3. The molecule has 176 valence electrons. The monoisotopic (exact) mass is 446 g/mol. The summed E-state index contributed by atoms with van der Waals surface area (Å²) in [6.07, 6.45) is 12.6. The van der Waals surface area contributed by atoms with Crippen molar-refractivity contribution >= 4 is 0 Å². The Morgan fingerprint density at radius 1 is 0.636 bits per heavy atom. The highest BCUT2D eigenvalue weighted by atomic mass is 16.6. The number of ether oxygens (including phenoxy) is 3. The second kappa shape index (κ2) is 9.07. The lowest BCUT2D eigenvalue weighted by atomic mass is 9.81. The van der Waals surface area contributed by atoms with Crippen molar-refractivity contribution < 1.29 is 14.2 Å². The largest absolute Gasteiger partial charge is 0.457 e. The van der Waals surface area contributed by atoms with Gasteiger partial charge in [-0.25, -0.2) is 0 Å². The maximum atomic E-state index is 6.15. The first kappa shape index (κ1) is 21.7. The van der Waals surface area contributed by atoms with Crippen LogP contribution in [0.5, 0.6) is 11.5 Å². The zero-order valence-electron chi connectivity index (χ0n) is 20.1. The van der Waals surface area contributed by atoms with Gasteiger partial charge in [-0.2, -0.15) is 0 Å². The fourth-order valence-corrected chi connectivity index (χ4v) is 6.54. The molecule has 0 aromatic heterocycles. The van der Waals surface area contributed by atoms with Crippen molar-refractivity contribution in [1.82, 2.24) is 0 Å². The highest BCUT2D eigenvalue weighted by molar-refractivity contribution is 5.36. The SMILES string of the molecule is CC(CC1CCC2OC2C1)c1ccc(Oc2ccc(C(C)CC3CCC4OC4C3)cc2)cc1. The summed E-state index contributed by atoms with van der Waals surface area (Å²) >= 11 is 0. The molecule has 2 heterocycles. The Morgan fingerprint density at radius 2 is 1.06 bits per heavy atom. The second-order valence-corrected chi connectivity index (χ2v) is 11.3. The van der Waals surface area contributed by atoms with Gasteiger partial charge in [0.1, 0.15) is 11.5 Å². The van der Waals surface area contributed by atoms with Crippen LogP contribution in [0, 0.1) is 11.8 Å². The van der Waals surface area contributed by atoms with Crippen LogP contribution in [0.1, 0.15) is 88.2 Å². The van der Waals surface area contributed by atoms with E-state index >= 15 is 0 Å². The van der Waals surface area contributed by atoms with E-state index < -0.39 is 0 Å². The van der Waals surface area contributed by atoms with Gasteiger partial charge in [-0.15, -0.1) is 0 Å². The highest BCUT2D eigenvalue weighted by Crippen LogP contribution is 2.44. The molecule has 0 spiro atoms. The third-order valence-corrected chi connectivity index (χ3v) is 8.73. The van der Waals surface area contributed by atoms with E-state index in [9.17, 15) is 0 Å². The molecule has 2 saturated carbocycles. The van der Waals surface area contributed by atoms with Crippen LogP contribution in [0.3, 0.4) is 0 Å². The molecule has 2 aromatic carbocycles. The number of hydrogen-bond donors (Lipinski definition) is 0. The molecule has 8 atom stereocenters. The Labute approximate surface area is 198 Å². The van der Waals surface area contributed by atoms with Gasteiger partial charge in [-0.1, -0.05) is 38.1 Å². The number of epoxide rings is 2. The minimum Gasteiger partial charge on any atom is -0.457 e. The third-order valence-electron chi connectivity index (χ3n) is 8.73. The third kappa shape index (κ3) is 5.15. The summed E-state index contributed by atoms with van der Waals surface area (Å²) in [5, 5.41) is 0. The molecule has 0 amide bonds. The zero-order chi connectivity index (χ0) is 22.4. The van der Waals surface area contributed by atoms with Gasteiger partial charge in [0.2, 0.25) is 0 Å². The summed E-state index contributed by atoms with van der Waals surface area (Å²) in [4.78, 5) is 0. The first-order valence-electron chi connectivity index (χ1n) is 13.3. The first-order valence-corrected chi connectivity index (χ1v) is 13.3. The standard InChI is InChI=1S/C30H38O3/c1-19(15-21-3-13-27-29(17-21)32-27)23-5-9-25(10-6-23)31-26-11-7-24(8-12-26)20(2)16-22-4-14-28-30(18-22)33-28/h5-12,19-22,27-30H,3-4,13-18H2,1-2H3. The topological polar surface area (TPSA) is 34.3 Å². The molecule has 4 fully saturated rings. The Bertz CT molecular complexity index is 859. The Morgan fingerprint density at radius 3 is 1.45 bits per heavy atom. The van der Waals surface area contributed by atoms with E-state index in [0.29, 0.717) is 36.3 Å². The number of benzene rings is 2. The van der Waals surface area contributed by atoms with E-state index in [-0.39, 0.29) is 0 Å². The Balaban J connectivity index is 0.999. The average Bonchev–Trinajstić information content (AvgIpc) is 3.74. The molecule has 2 aliphatic carbocycles. The van der Waals surface area contributed by atoms with E-state index in [4.69, 9.17) is 14.2 Å². The normalized spacial score (nSPS) is 34.0. The van der Waals surface area contributed by atoms with Crippen molar-refractivity contribution in [3.8, 4) is 11.5 Å². The minimum atomic E-state index is 0.577. The van der Waals surface area contributed by atoms with Crippen molar-refractivity contribution in [3.05, 3.63) is 59.7 Å². The van der Waals surface area contributed by atoms with Crippen LogP contribution in [0.4, 0.5) is 0 Å². The van der Waals surface area contributed by atoms with Gasteiger partial charge in [0.05, 0.1) is 24.4 Å². The quantitative estimate of drug-likeness (QED) is 0.392. The van der Waals surface area contributed by atoms with Gasteiger partial charge in [-0.3, -0.25) is 0 Å². The highest BCUT2D eigenvalue weighted by Gasteiger charge is 2.44.